The van der Waals surface area contributed by atoms with E-state index in [9.17, 15) is 23.9 Å². The van der Waals surface area contributed by atoms with Gasteiger partial charge < -0.3 is 15.7 Å². The Morgan fingerprint density at radius 1 is 0.725 bits per heavy atom. The quantitative estimate of drug-likeness (QED) is 0.102. The Balaban J connectivity index is 1.61. The van der Waals surface area contributed by atoms with Crippen molar-refractivity contribution in [1.29, 1.82) is 0 Å². The molecular formula is C28H17Cl4FN2O4S. The molecule has 0 radical (unpaired) electrons. The van der Waals surface area contributed by atoms with E-state index in [-0.39, 0.29) is 26.7 Å². The van der Waals surface area contributed by atoms with Crippen LogP contribution < -0.4 is 10.6 Å². The van der Waals surface area contributed by atoms with Crippen LogP contribution in [0.3, 0.4) is 0 Å². The highest BCUT2D eigenvalue weighted by atomic mass is 35.5. The van der Waals surface area contributed by atoms with Gasteiger partial charge >= 0.3 is 5.97 Å². The summed E-state index contributed by atoms with van der Waals surface area (Å²) in [6, 6.07) is 21.0. The molecule has 0 aromatic heterocycles. The first-order valence-electron chi connectivity index (χ1n) is 11.4. The number of hydrogen-bond donors (Lipinski definition) is 3. The Hall–Kier alpha value is -3.27. The van der Waals surface area contributed by atoms with Gasteiger partial charge in [0.1, 0.15) is 11.1 Å². The SMILES string of the molecule is O=C(O)c1c(Cl)c(Cl)c(Cl)c(Cl)c1C(=O)Nc1cccc(SC(C(=O)Nc2ccc(F)cc2)c2ccccc2)c1. The molecule has 0 bridgehead atoms. The Labute approximate surface area is 252 Å². The Bertz CT molecular complexity index is 1600. The summed E-state index contributed by atoms with van der Waals surface area (Å²) in [6.07, 6.45) is 0. The van der Waals surface area contributed by atoms with Crippen molar-refractivity contribution in [2.75, 3.05) is 10.6 Å². The van der Waals surface area contributed by atoms with Crippen LogP contribution in [-0.2, 0) is 4.79 Å². The maximum Gasteiger partial charge on any atom is 0.338 e. The molecule has 2 amide bonds. The van der Waals surface area contributed by atoms with Crippen molar-refractivity contribution in [3.8, 4) is 0 Å². The minimum atomic E-state index is -1.52. The zero-order chi connectivity index (χ0) is 29.0. The van der Waals surface area contributed by atoms with Crippen molar-refractivity contribution in [2.24, 2.45) is 0 Å². The van der Waals surface area contributed by atoms with Gasteiger partial charge in [0, 0.05) is 16.3 Å². The summed E-state index contributed by atoms with van der Waals surface area (Å²) in [5.41, 5.74) is 0.388. The van der Waals surface area contributed by atoms with Crippen molar-refractivity contribution in [2.45, 2.75) is 10.1 Å². The lowest BCUT2D eigenvalue weighted by molar-refractivity contribution is -0.115. The molecule has 1 atom stereocenters. The molecule has 3 N–H and O–H groups in total. The summed E-state index contributed by atoms with van der Waals surface area (Å²) < 4.78 is 13.3. The Morgan fingerprint density at radius 3 is 1.98 bits per heavy atom. The number of amides is 2. The molecule has 0 aliphatic carbocycles. The summed E-state index contributed by atoms with van der Waals surface area (Å²) in [7, 11) is 0. The lowest BCUT2D eigenvalue weighted by Crippen LogP contribution is -2.19. The van der Waals surface area contributed by atoms with Crippen LogP contribution >= 0.6 is 58.2 Å². The fraction of sp³-hybridized carbons (Fsp3) is 0.0357. The maximum atomic E-state index is 13.3. The molecule has 0 spiro atoms. The molecule has 40 heavy (non-hydrogen) atoms. The van der Waals surface area contributed by atoms with Gasteiger partial charge in [0.15, 0.2) is 0 Å². The second-order valence-corrected chi connectivity index (χ2v) is 10.9. The maximum absolute atomic E-state index is 13.3. The van der Waals surface area contributed by atoms with Crippen molar-refractivity contribution < 1.29 is 23.9 Å². The van der Waals surface area contributed by atoms with Crippen LogP contribution in [0.1, 0.15) is 31.5 Å². The summed E-state index contributed by atoms with van der Waals surface area (Å²) in [4.78, 5) is 38.9. The third-order valence-corrected chi connectivity index (χ3v) is 8.56. The van der Waals surface area contributed by atoms with Gasteiger partial charge in [-0.15, -0.1) is 11.8 Å². The molecule has 4 aromatic carbocycles. The van der Waals surface area contributed by atoms with Gasteiger partial charge in [0.05, 0.1) is 31.2 Å². The minimum Gasteiger partial charge on any atom is -0.478 e. The standard InChI is InChI=1S/C28H17Cl4FN2O4S/c29-21-19(20(28(38)39)22(30)24(32)23(21)31)26(36)35-17-7-4-8-18(13-17)40-25(14-5-2-1-3-6-14)27(37)34-16-11-9-15(33)10-12-16/h1-13,25H,(H,34,37)(H,35,36)(H,38,39). The number of benzene rings is 4. The number of carbonyl (C=O) groups is 3. The van der Waals surface area contributed by atoms with Gasteiger partial charge in [-0.1, -0.05) is 82.8 Å². The van der Waals surface area contributed by atoms with E-state index in [1.807, 2.05) is 6.07 Å². The predicted octanol–water partition coefficient (Wildman–Crippen LogP) is 8.86. The van der Waals surface area contributed by atoms with Gasteiger partial charge in [0.25, 0.3) is 5.91 Å². The van der Waals surface area contributed by atoms with Crippen molar-refractivity contribution in [1.82, 2.24) is 0 Å². The van der Waals surface area contributed by atoms with E-state index >= 15 is 0 Å². The molecule has 0 aliphatic rings. The molecule has 0 saturated heterocycles. The fourth-order valence-electron chi connectivity index (χ4n) is 3.66. The first-order chi connectivity index (χ1) is 19.1. The van der Waals surface area contributed by atoms with Gasteiger partial charge in [-0.05, 0) is 48.0 Å². The zero-order valence-electron chi connectivity index (χ0n) is 20.1. The van der Waals surface area contributed by atoms with Gasteiger partial charge in [-0.3, -0.25) is 9.59 Å². The monoisotopic (exact) mass is 636 g/mol. The van der Waals surface area contributed by atoms with E-state index in [1.165, 1.54) is 36.0 Å². The van der Waals surface area contributed by atoms with Crippen molar-refractivity contribution in [3.63, 3.8) is 0 Å². The molecular weight excluding hydrogens is 621 g/mol. The van der Waals surface area contributed by atoms with Crippen LogP contribution in [0.5, 0.6) is 0 Å². The topological polar surface area (TPSA) is 95.5 Å². The number of halogens is 5. The van der Waals surface area contributed by atoms with E-state index in [1.54, 1.807) is 48.5 Å². The summed E-state index contributed by atoms with van der Waals surface area (Å²) in [6.45, 7) is 0. The highest BCUT2D eigenvalue weighted by Gasteiger charge is 2.29. The molecule has 12 heteroatoms. The van der Waals surface area contributed by atoms with Crippen LogP contribution in [-0.4, -0.2) is 22.9 Å². The van der Waals surface area contributed by atoms with E-state index in [0.29, 0.717) is 16.1 Å². The summed E-state index contributed by atoms with van der Waals surface area (Å²) in [5.74, 6) is -3.16. The number of thioether (sulfide) groups is 1. The van der Waals surface area contributed by atoms with Gasteiger partial charge in [-0.2, -0.15) is 0 Å². The number of carboxylic acids is 1. The smallest absolute Gasteiger partial charge is 0.338 e. The molecule has 4 rings (SSSR count). The average molecular weight is 638 g/mol. The lowest BCUT2D eigenvalue weighted by atomic mass is 10.1. The second-order valence-electron chi connectivity index (χ2n) is 8.20. The minimum absolute atomic E-state index is 0.259. The molecule has 204 valence electrons. The first-order valence-corrected chi connectivity index (χ1v) is 13.7. The molecule has 1 unspecified atom stereocenters. The number of rotatable bonds is 8. The number of hydrogen-bond acceptors (Lipinski definition) is 4. The number of nitrogens with one attached hydrogen (secondary N) is 2. The first kappa shape index (κ1) is 29.7. The molecule has 6 nitrogen and oxygen atoms in total. The largest absolute Gasteiger partial charge is 0.478 e. The fourth-order valence-corrected chi connectivity index (χ4v) is 5.77. The van der Waals surface area contributed by atoms with Gasteiger partial charge in [-0.25, -0.2) is 9.18 Å². The van der Waals surface area contributed by atoms with Crippen LogP contribution in [0, 0.1) is 5.82 Å². The lowest BCUT2D eigenvalue weighted by Gasteiger charge is -2.18. The Morgan fingerprint density at radius 2 is 1.35 bits per heavy atom. The normalized spacial score (nSPS) is 11.5. The highest BCUT2D eigenvalue weighted by Crippen LogP contribution is 2.42. The Kier molecular flexibility index (Phi) is 9.60. The molecule has 0 aliphatic heterocycles. The molecule has 0 fully saturated rings. The van der Waals surface area contributed by atoms with Crippen LogP contribution in [0.4, 0.5) is 15.8 Å². The van der Waals surface area contributed by atoms with E-state index in [2.05, 4.69) is 10.6 Å². The van der Waals surface area contributed by atoms with Crippen LogP contribution in [0.15, 0.2) is 83.8 Å². The highest BCUT2D eigenvalue weighted by molar-refractivity contribution is 8.00. The van der Waals surface area contributed by atoms with Gasteiger partial charge in [0.2, 0.25) is 5.91 Å². The number of anilines is 2. The van der Waals surface area contributed by atoms with Crippen molar-refractivity contribution in [3.05, 3.63) is 121 Å². The number of aromatic carboxylic acids is 1. The van der Waals surface area contributed by atoms with E-state index in [4.69, 9.17) is 46.4 Å². The van der Waals surface area contributed by atoms with Crippen molar-refractivity contribution >= 4 is 87.3 Å². The van der Waals surface area contributed by atoms with E-state index in [0.717, 1.165) is 0 Å². The number of carboxylic acid groups (broad SMARTS) is 1. The molecule has 4 aromatic rings. The summed E-state index contributed by atoms with van der Waals surface area (Å²) in [5, 5.41) is 13.0. The summed E-state index contributed by atoms with van der Waals surface area (Å²) >= 11 is 25.5. The number of carbonyl (C=O) groups excluding carboxylic acids is 2. The zero-order valence-corrected chi connectivity index (χ0v) is 23.9. The molecule has 0 saturated carbocycles. The average Bonchev–Trinajstić information content (AvgIpc) is 2.94. The molecule has 0 heterocycles. The second kappa shape index (κ2) is 12.9. The third-order valence-electron chi connectivity index (χ3n) is 5.51. The van der Waals surface area contributed by atoms with Crippen LogP contribution in [0.2, 0.25) is 20.1 Å². The van der Waals surface area contributed by atoms with Crippen LogP contribution in [0.25, 0.3) is 0 Å². The predicted molar refractivity (Wildman–Crippen MR) is 158 cm³/mol. The third kappa shape index (κ3) is 6.71. The van der Waals surface area contributed by atoms with E-state index < -0.39 is 39.1 Å².